The van der Waals surface area contributed by atoms with E-state index in [0.717, 1.165) is 41.8 Å². The SMILES string of the molecule is CCC1c2ccsc2CCN1C(=O)CSc1nnc(NCCc2cccs2)s1. The molecule has 0 spiro atoms. The van der Waals surface area contributed by atoms with Crippen LogP contribution < -0.4 is 5.32 Å². The molecule has 9 heteroatoms. The van der Waals surface area contributed by atoms with E-state index in [2.05, 4.69) is 51.4 Å². The average molecular weight is 451 g/mol. The molecular weight excluding hydrogens is 429 g/mol. The lowest BCUT2D eigenvalue weighted by Crippen LogP contribution is -2.40. The van der Waals surface area contributed by atoms with Crippen LogP contribution >= 0.6 is 45.8 Å². The Morgan fingerprint density at radius 3 is 3.07 bits per heavy atom. The summed E-state index contributed by atoms with van der Waals surface area (Å²) in [6, 6.07) is 6.61. The fourth-order valence-corrected chi connectivity index (χ4v) is 6.73. The van der Waals surface area contributed by atoms with Crippen LogP contribution in [0.3, 0.4) is 0 Å². The van der Waals surface area contributed by atoms with E-state index in [4.69, 9.17) is 0 Å². The molecule has 4 heterocycles. The van der Waals surface area contributed by atoms with Crippen molar-refractivity contribution in [3.63, 3.8) is 0 Å². The van der Waals surface area contributed by atoms with Gasteiger partial charge in [-0.3, -0.25) is 4.79 Å². The molecule has 5 nitrogen and oxygen atoms in total. The number of fused-ring (bicyclic) bond motifs is 1. The van der Waals surface area contributed by atoms with Gasteiger partial charge in [-0.25, -0.2) is 0 Å². The molecule has 0 radical (unpaired) electrons. The van der Waals surface area contributed by atoms with Crippen LogP contribution in [-0.4, -0.2) is 39.8 Å². The minimum absolute atomic E-state index is 0.191. The van der Waals surface area contributed by atoms with Crippen LogP contribution in [0, 0.1) is 0 Å². The quantitative estimate of drug-likeness (QED) is 0.493. The Bertz CT molecular complexity index is 905. The third-order valence-corrected chi connectivity index (χ3v) is 8.69. The van der Waals surface area contributed by atoms with Crippen molar-refractivity contribution in [1.29, 1.82) is 0 Å². The van der Waals surface area contributed by atoms with Crippen LogP contribution in [-0.2, 0) is 17.6 Å². The summed E-state index contributed by atoms with van der Waals surface area (Å²) in [5.41, 5.74) is 1.34. The maximum atomic E-state index is 12.8. The number of nitrogens with zero attached hydrogens (tertiary/aromatic N) is 3. The van der Waals surface area contributed by atoms with Crippen molar-refractivity contribution in [2.75, 3.05) is 24.2 Å². The predicted molar refractivity (Wildman–Crippen MR) is 120 cm³/mol. The molecule has 1 amide bonds. The minimum atomic E-state index is 0.191. The summed E-state index contributed by atoms with van der Waals surface area (Å²) in [6.45, 7) is 3.81. The van der Waals surface area contributed by atoms with Gasteiger partial charge < -0.3 is 10.2 Å². The van der Waals surface area contributed by atoms with E-state index in [-0.39, 0.29) is 11.9 Å². The first-order valence-electron chi connectivity index (χ1n) is 9.33. The molecule has 3 aromatic rings. The molecule has 1 unspecified atom stereocenters. The molecule has 28 heavy (non-hydrogen) atoms. The van der Waals surface area contributed by atoms with Crippen molar-refractivity contribution in [3.05, 3.63) is 44.3 Å². The minimum Gasteiger partial charge on any atom is -0.360 e. The monoisotopic (exact) mass is 450 g/mol. The first-order valence-corrected chi connectivity index (χ1v) is 12.9. The standard InChI is InChI=1S/C19H22N4OS4/c1-2-15-14-7-11-26-16(14)6-9-23(15)17(24)12-27-19-22-21-18(28-19)20-8-5-13-4-3-10-25-13/h3-4,7,10-11,15H,2,5-6,8-9,12H2,1H3,(H,20,21). The van der Waals surface area contributed by atoms with Gasteiger partial charge in [-0.15, -0.1) is 32.9 Å². The van der Waals surface area contributed by atoms with Crippen LogP contribution in [0.1, 0.15) is 34.7 Å². The third-order valence-electron chi connectivity index (χ3n) is 4.76. The number of amides is 1. The highest BCUT2D eigenvalue weighted by Crippen LogP contribution is 2.36. The first-order chi connectivity index (χ1) is 13.7. The predicted octanol–water partition coefficient (Wildman–Crippen LogP) is 4.94. The third kappa shape index (κ3) is 4.59. The lowest BCUT2D eigenvalue weighted by Gasteiger charge is -2.35. The van der Waals surface area contributed by atoms with Crippen LogP contribution in [0.15, 0.2) is 33.3 Å². The normalized spacial score (nSPS) is 16.2. The average Bonchev–Trinajstić information content (AvgIpc) is 3.46. The molecule has 4 rings (SSSR count). The summed E-state index contributed by atoms with van der Waals surface area (Å²) in [6.07, 6.45) is 2.91. The maximum absolute atomic E-state index is 12.8. The number of carbonyl (C=O) groups is 1. The van der Waals surface area contributed by atoms with E-state index >= 15 is 0 Å². The molecular formula is C19H22N4OS4. The van der Waals surface area contributed by atoms with Crippen LogP contribution in [0.4, 0.5) is 5.13 Å². The summed E-state index contributed by atoms with van der Waals surface area (Å²) < 4.78 is 0.841. The van der Waals surface area contributed by atoms with E-state index in [0.29, 0.717) is 5.75 Å². The molecule has 0 fully saturated rings. The number of nitrogens with one attached hydrogen (secondary N) is 1. The highest BCUT2D eigenvalue weighted by Gasteiger charge is 2.30. The molecule has 3 aromatic heterocycles. The number of carbonyl (C=O) groups excluding carboxylic acids is 1. The number of aromatic nitrogens is 2. The second-order valence-corrected chi connectivity index (χ2v) is 10.7. The van der Waals surface area contributed by atoms with Crippen LogP contribution in [0.25, 0.3) is 0 Å². The highest BCUT2D eigenvalue weighted by atomic mass is 32.2. The molecule has 0 saturated carbocycles. The van der Waals surface area contributed by atoms with Gasteiger partial charge in [0.25, 0.3) is 0 Å². The van der Waals surface area contributed by atoms with Crippen molar-refractivity contribution in [1.82, 2.24) is 15.1 Å². The van der Waals surface area contributed by atoms with Gasteiger partial charge in [-0.05, 0) is 47.7 Å². The summed E-state index contributed by atoms with van der Waals surface area (Å²) >= 11 is 6.59. The smallest absolute Gasteiger partial charge is 0.233 e. The van der Waals surface area contributed by atoms with E-state index in [1.54, 1.807) is 11.3 Å². The number of anilines is 1. The number of rotatable bonds is 8. The van der Waals surface area contributed by atoms with Gasteiger partial charge in [-0.2, -0.15) is 0 Å². The Morgan fingerprint density at radius 2 is 2.25 bits per heavy atom. The first kappa shape index (κ1) is 19.9. The Balaban J connectivity index is 1.27. The number of thioether (sulfide) groups is 1. The van der Waals surface area contributed by atoms with Gasteiger partial charge >= 0.3 is 0 Å². The van der Waals surface area contributed by atoms with Gasteiger partial charge in [0.2, 0.25) is 11.0 Å². The molecule has 1 aliphatic heterocycles. The Morgan fingerprint density at radius 1 is 1.32 bits per heavy atom. The summed E-state index contributed by atoms with van der Waals surface area (Å²) in [4.78, 5) is 17.7. The number of hydrogen-bond acceptors (Lipinski definition) is 8. The van der Waals surface area contributed by atoms with Crippen molar-refractivity contribution in [3.8, 4) is 0 Å². The largest absolute Gasteiger partial charge is 0.360 e. The zero-order valence-electron chi connectivity index (χ0n) is 15.6. The Hall–Kier alpha value is -1.42. The molecule has 0 aromatic carbocycles. The maximum Gasteiger partial charge on any atom is 0.233 e. The van der Waals surface area contributed by atoms with Gasteiger partial charge in [-0.1, -0.05) is 36.1 Å². The number of thiophene rings is 2. The molecule has 1 aliphatic rings. The summed E-state index contributed by atoms with van der Waals surface area (Å²) in [5, 5.41) is 16.8. The second kappa shape index (κ2) is 9.39. The molecule has 0 bridgehead atoms. The van der Waals surface area contributed by atoms with Gasteiger partial charge in [0.15, 0.2) is 4.34 Å². The van der Waals surface area contributed by atoms with E-state index in [1.807, 2.05) is 16.2 Å². The lowest BCUT2D eigenvalue weighted by atomic mass is 9.98. The Labute approximate surface area is 181 Å². The van der Waals surface area contributed by atoms with Crippen molar-refractivity contribution >= 4 is 56.8 Å². The second-order valence-electron chi connectivity index (χ2n) is 6.48. The zero-order chi connectivity index (χ0) is 19.3. The van der Waals surface area contributed by atoms with Crippen molar-refractivity contribution < 1.29 is 4.79 Å². The van der Waals surface area contributed by atoms with Crippen LogP contribution in [0.5, 0.6) is 0 Å². The number of hydrogen-bond donors (Lipinski definition) is 1. The van der Waals surface area contributed by atoms with Gasteiger partial charge in [0.1, 0.15) is 0 Å². The van der Waals surface area contributed by atoms with Crippen molar-refractivity contribution in [2.45, 2.75) is 36.6 Å². The fourth-order valence-electron chi connectivity index (χ4n) is 3.43. The molecule has 0 aliphatic carbocycles. The van der Waals surface area contributed by atoms with Gasteiger partial charge in [0, 0.05) is 22.8 Å². The molecule has 1 N–H and O–H groups in total. The highest BCUT2D eigenvalue weighted by molar-refractivity contribution is 8.01. The lowest BCUT2D eigenvalue weighted by molar-refractivity contribution is -0.131. The van der Waals surface area contributed by atoms with Crippen LogP contribution in [0.2, 0.25) is 0 Å². The summed E-state index contributed by atoms with van der Waals surface area (Å²) in [7, 11) is 0. The molecule has 1 atom stereocenters. The molecule has 0 saturated heterocycles. The van der Waals surface area contributed by atoms with E-state index in [9.17, 15) is 4.79 Å². The fraction of sp³-hybridized carbons (Fsp3) is 0.421. The van der Waals surface area contributed by atoms with Gasteiger partial charge in [0.05, 0.1) is 11.8 Å². The van der Waals surface area contributed by atoms with E-state index < -0.39 is 0 Å². The van der Waals surface area contributed by atoms with Crippen molar-refractivity contribution in [2.24, 2.45) is 0 Å². The molecule has 148 valence electrons. The zero-order valence-corrected chi connectivity index (χ0v) is 18.9. The summed E-state index contributed by atoms with van der Waals surface area (Å²) in [5.74, 6) is 0.607. The topological polar surface area (TPSA) is 58.1 Å². The van der Waals surface area contributed by atoms with E-state index in [1.165, 1.54) is 38.4 Å². The Kier molecular flexibility index (Phi) is 6.66.